The summed E-state index contributed by atoms with van der Waals surface area (Å²) in [5.41, 5.74) is 2.73. The second kappa shape index (κ2) is 7.57. The first-order valence-electron chi connectivity index (χ1n) is 8.21. The number of hydrogen-bond donors (Lipinski definition) is 0. The van der Waals surface area contributed by atoms with Gasteiger partial charge in [0.25, 0.3) is 0 Å². The zero-order valence-electron chi connectivity index (χ0n) is 14.0. The molecule has 5 heteroatoms. The van der Waals surface area contributed by atoms with Gasteiger partial charge in [0.1, 0.15) is 0 Å². The van der Waals surface area contributed by atoms with Crippen LogP contribution in [0.5, 0.6) is 0 Å². The number of benzene rings is 1. The molecule has 0 aromatic heterocycles. The highest BCUT2D eigenvalue weighted by Gasteiger charge is 2.24. The fourth-order valence-corrected chi connectivity index (χ4v) is 3.86. The summed E-state index contributed by atoms with van der Waals surface area (Å²) >= 11 is 0. The van der Waals surface area contributed by atoms with Gasteiger partial charge in [0.15, 0.2) is 0 Å². The summed E-state index contributed by atoms with van der Waals surface area (Å²) in [6.07, 6.45) is 1.03. The SMILES string of the molecule is CCS(=O)(=O)N1CCN(CCc2ccc(C(C)C)cc2)CC1. The average Bonchev–Trinajstić information content (AvgIpc) is 2.53. The Hall–Kier alpha value is -0.910. The molecule has 1 aromatic carbocycles. The van der Waals surface area contributed by atoms with Crippen molar-refractivity contribution in [1.82, 2.24) is 9.21 Å². The molecule has 0 amide bonds. The molecule has 0 unspecified atom stereocenters. The summed E-state index contributed by atoms with van der Waals surface area (Å²) in [4.78, 5) is 2.36. The van der Waals surface area contributed by atoms with Crippen LogP contribution in [0, 0.1) is 0 Å². The van der Waals surface area contributed by atoms with Gasteiger partial charge in [-0.3, -0.25) is 0 Å². The maximum atomic E-state index is 11.8. The van der Waals surface area contributed by atoms with Crippen molar-refractivity contribution in [1.29, 1.82) is 0 Å². The van der Waals surface area contributed by atoms with Gasteiger partial charge in [-0.1, -0.05) is 38.1 Å². The first-order valence-corrected chi connectivity index (χ1v) is 9.82. The van der Waals surface area contributed by atoms with Gasteiger partial charge in [-0.25, -0.2) is 8.42 Å². The van der Waals surface area contributed by atoms with Gasteiger partial charge in [-0.05, 0) is 30.4 Å². The van der Waals surface area contributed by atoms with Crippen LogP contribution in [-0.2, 0) is 16.4 Å². The molecule has 0 bridgehead atoms. The summed E-state index contributed by atoms with van der Waals surface area (Å²) in [6, 6.07) is 8.86. The lowest BCUT2D eigenvalue weighted by Crippen LogP contribution is -2.49. The molecule has 4 nitrogen and oxygen atoms in total. The fourth-order valence-electron chi connectivity index (χ4n) is 2.77. The molecule has 1 aliphatic rings. The first-order chi connectivity index (χ1) is 10.4. The van der Waals surface area contributed by atoms with Gasteiger partial charge in [0.05, 0.1) is 5.75 Å². The maximum absolute atomic E-state index is 11.8. The molecular weight excluding hydrogens is 296 g/mol. The summed E-state index contributed by atoms with van der Waals surface area (Å²) in [5, 5.41) is 0. The van der Waals surface area contributed by atoms with Crippen molar-refractivity contribution in [3.8, 4) is 0 Å². The number of rotatable bonds is 6. The Balaban J connectivity index is 1.79. The largest absolute Gasteiger partial charge is 0.300 e. The van der Waals surface area contributed by atoms with Crippen LogP contribution in [0.4, 0.5) is 0 Å². The second-order valence-corrected chi connectivity index (χ2v) is 8.55. The van der Waals surface area contributed by atoms with Gasteiger partial charge in [-0.2, -0.15) is 4.31 Å². The minimum absolute atomic E-state index is 0.204. The van der Waals surface area contributed by atoms with Gasteiger partial charge in [0.2, 0.25) is 10.0 Å². The zero-order valence-corrected chi connectivity index (χ0v) is 14.8. The van der Waals surface area contributed by atoms with E-state index in [1.54, 1.807) is 11.2 Å². The van der Waals surface area contributed by atoms with E-state index in [2.05, 4.69) is 43.0 Å². The van der Waals surface area contributed by atoms with Crippen LogP contribution in [0.1, 0.15) is 37.8 Å². The number of sulfonamides is 1. The molecule has 1 saturated heterocycles. The minimum atomic E-state index is -3.02. The van der Waals surface area contributed by atoms with Crippen LogP contribution in [0.25, 0.3) is 0 Å². The number of nitrogens with zero attached hydrogens (tertiary/aromatic N) is 2. The topological polar surface area (TPSA) is 40.6 Å². The molecule has 1 heterocycles. The van der Waals surface area contributed by atoms with Crippen molar-refractivity contribution in [3.63, 3.8) is 0 Å². The Labute approximate surface area is 135 Å². The molecular formula is C17H28N2O2S. The molecule has 0 saturated carbocycles. The fraction of sp³-hybridized carbons (Fsp3) is 0.647. The van der Waals surface area contributed by atoms with Crippen molar-refractivity contribution < 1.29 is 8.42 Å². The maximum Gasteiger partial charge on any atom is 0.213 e. The van der Waals surface area contributed by atoms with Crippen LogP contribution in [-0.4, -0.2) is 56.1 Å². The minimum Gasteiger partial charge on any atom is -0.300 e. The molecule has 0 spiro atoms. The Kier molecular flexibility index (Phi) is 6.01. The third-order valence-corrected chi connectivity index (χ3v) is 6.33. The van der Waals surface area contributed by atoms with Crippen LogP contribution in [0.15, 0.2) is 24.3 Å². The molecule has 0 aliphatic carbocycles. The van der Waals surface area contributed by atoms with Gasteiger partial charge in [-0.15, -0.1) is 0 Å². The Morgan fingerprint density at radius 2 is 1.64 bits per heavy atom. The van der Waals surface area contributed by atoms with Gasteiger partial charge >= 0.3 is 0 Å². The van der Waals surface area contributed by atoms with Crippen LogP contribution >= 0.6 is 0 Å². The predicted octanol–water partition coefficient (Wildman–Crippen LogP) is 2.32. The summed E-state index contributed by atoms with van der Waals surface area (Å²) < 4.78 is 25.3. The van der Waals surface area contributed by atoms with Gasteiger partial charge < -0.3 is 4.90 Å². The average molecular weight is 324 g/mol. The van der Waals surface area contributed by atoms with Gasteiger partial charge in [0, 0.05) is 32.7 Å². The van der Waals surface area contributed by atoms with E-state index in [9.17, 15) is 8.42 Å². The molecule has 1 aromatic rings. The van der Waals surface area contributed by atoms with Crippen molar-refractivity contribution in [2.24, 2.45) is 0 Å². The van der Waals surface area contributed by atoms with E-state index in [-0.39, 0.29) is 5.75 Å². The van der Waals surface area contributed by atoms with Crippen LogP contribution < -0.4 is 0 Å². The van der Waals surface area contributed by atoms with E-state index in [0.29, 0.717) is 19.0 Å². The zero-order chi connectivity index (χ0) is 16.2. The first kappa shape index (κ1) is 17.4. The molecule has 1 aliphatic heterocycles. The number of piperazine rings is 1. The van der Waals surface area contributed by atoms with E-state index in [0.717, 1.165) is 26.1 Å². The van der Waals surface area contributed by atoms with E-state index in [4.69, 9.17) is 0 Å². The highest BCUT2D eigenvalue weighted by Crippen LogP contribution is 2.15. The predicted molar refractivity (Wildman–Crippen MR) is 91.7 cm³/mol. The molecule has 2 rings (SSSR count). The van der Waals surface area contributed by atoms with E-state index >= 15 is 0 Å². The summed E-state index contributed by atoms with van der Waals surface area (Å²) in [5.74, 6) is 0.775. The second-order valence-electron chi connectivity index (χ2n) is 6.29. The highest BCUT2D eigenvalue weighted by molar-refractivity contribution is 7.89. The molecule has 0 N–H and O–H groups in total. The van der Waals surface area contributed by atoms with Crippen molar-refractivity contribution in [2.75, 3.05) is 38.5 Å². The summed E-state index contributed by atoms with van der Waals surface area (Å²) in [7, 11) is -3.02. The quantitative estimate of drug-likeness (QED) is 0.806. The lowest BCUT2D eigenvalue weighted by atomic mass is 10.0. The third-order valence-electron chi connectivity index (χ3n) is 4.45. The van der Waals surface area contributed by atoms with Crippen molar-refractivity contribution in [3.05, 3.63) is 35.4 Å². The van der Waals surface area contributed by atoms with Crippen LogP contribution in [0.2, 0.25) is 0 Å². The molecule has 0 radical (unpaired) electrons. The van der Waals surface area contributed by atoms with E-state index < -0.39 is 10.0 Å². The molecule has 0 atom stereocenters. The monoisotopic (exact) mass is 324 g/mol. The number of hydrogen-bond acceptors (Lipinski definition) is 3. The summed E-state index contributed by atoms with van der Waals surface area (Å²) in [6.45, 7) is 10.1. The van der Waals surface area contributed by atoms with E-state index in [1.165, 1.54) is 11.1 Å². The van der Waals surface area contributed by atoms with Crippen molar-refractivity contribution >= 4 is 10.0 Å². The Morgan fingerprint density at radius 3 is 2.14 bits per heavy atom. The normalized spacial score (nSPS) is 18.0. The third kappa shape index (κ3) is 4.54. The molecule has 22 heavy (non-hydrogen) atoms. The standard InChI is InChI=1S/C17H28N2O2S/c1-4-22(20,21)19-13-11-18(12-14-19)10-9-16-5-7-17(8-6-16)15(2)3/h5-8,15H,4,9-14H2,1-3H3. The van der Waals surface area contributed by atoms with Crippen LogP contribution in [0.3, 0.4) is 0 Å². The highest BCUT2D eigenvalue weighted by atomic mass is 32.2. The smallest absolute Gasteiger partial charge is 0.213 e. The van der Waals surface area contributed by atoms with E-state index in [1.807, 2.05) is 0 Å². The lowest BCUT2D eigenvalue weighted by Gasteiger charge is -2.33. The van der Waals surface area contributed by atoms with Crippen molar-refractivity contribution in [2.45, 2.75) is 33.1 Å². The Morgan fingerprint density at radius 1 is 1.05 bits per heavy atom. The lowest BCUT2D eigenvalue weighted by molar-refractivity contribution is 0.190. The molecule has 1 fully saturated rings. The Bertz CT molecular complexity index is 559. The molecule has 124 valence electrons.